The van der Waals surface area contributed by atoms with E-state index in [1.807, 2.05) is 0 Å². The molecule has 0 aromatic carbocycles. The largest absolute Gasteiger partial charge is 0.462 e. The van der Waals surface area contributed by atoms with E-state index < -0.39 is 6.10 Å². The predicted molar refractivity (Wildman–Crippen MR) is 329 cm³/mol. The van der Waals surface area contributed by atoms with Gasteiger partial charge in [0.1, 0.15) is 13.2 Å². The number of hydrogen-bond donors (Lipinski definition) is 0. The van der Waals surface area contributed by atoms with E-state index >= 15 is 0 Å². The van der Waals surface area contributed by atoms with Gasteiger partial charge >= 0.3 is 17.9 Å². The van der Waals surface area contributed by atoms with Crippen LogP contribution in [-0.4, -0.2) is 37.2 Å². The van der Waals surface area contributed by atoms with Crippen molar-refractivity contribution in [2.45, 2.75) is 264 Å². The van der Waals surface area contributed by atoms with E-state index in [2.05, 4.69) is 167 Å². The van der Waals surface area contributed by atoms with Crippen LogP contribution in [0.3, 0.4) is 0 Å². The maximum Gasteiger partial charge on any atom is 0.306 e. The van der Waals surface area contributed by atoms with Crippen LogP contribution < -0.4 is 0 Å². The normalized spacial score (nSPS) is 13.1. The van der Waals surface area contributed by atoms with Gasteiger partial charge in [-0.3, -0.25) is 14.4 Å². The summed E-state index contributed by atoms with van der Waals surface area (Å²) in [6.07, 6.45) is 90.2. The van der Waals surface area contributed by atoms with Crippen molar-refractivity contribution in [2.24, 2.45) is 0 Å². The maximum atomic E-state index is 12.8. The monoisotopic (exact) mass is 1050 g/mol. The zero-order valence-corrected chi connectivity index (χ0v) is 49.0. The molecular formula is C70H112O6. The minimum absolute atomic E-state index is 0.0924. The van der Waals surface area contributed by atoms with Gasteiger partial charge in [0.2, 0.25) is 0 Å². The molecule has 428 valence electrons. The summed E-state index contributed by atoms with van der Waals surface area (Å²) in [5.74, 6) is -0.936. The zero-order valence-electron chi connectivity index (χ0n) is 49.0. The number of carbonyl (C=O) groups is 3. The molecule has 0 fully saturated rings. The highest BCUT2D eigenvalue weighted by atomic mass is 16.6. The first-order valence-corrected chi connectivity index (χ1v) is 30.8. The molecular weight excluding hydrogens is 937 g/mol. The van der Waals surface area contributed by atoms with E-state index in [0.717, 1.165) is 148 Å². The number of rotatable bonds is 54. The SMILES string of the molecule is CC/C=C\C/C=C\C/C=C\C/C=C\C/C=C\C/C=C\C/C=C\C/C=C\CCCCCCC(=O)OCC(COC(=O)CCCCCCCC)OC(=O)CCCCCCCCCCCC/C=C\C/C=C\C/C=C\C/C=C\CC. The summed E-state index contributed by atoms with van der Waals surface area (Å²) in [6, 6.07) is 0. The van der Waals surface area contributed by atoms with Crippen molar-refractivity contribution in [1.29, 1.82) is 0 Å². The van der Waals surface area contributed by atoms with Crippen LogP contribution in [0.25, 0.3) is 0 Å². The predicted octanol–water partition coefficient (Wildman–Crippen LogP) is 21.2. The van der Waals surface area contributed by atoms with Crippen molar-refractivity contribution in [3.63, 3.8) is 0 Å². The molecule has 6 nitrogen and oxygen atoms in total. The molecule has 0 amide bonds. The Morgan fingerprint density at radius 3 is 0.803 bits per heavy atom. The van der Waals surface area contributed by atoms with E-state index in [9.17, 15) is 14.4 Å². The van der Waals surface area contributed by atoms with Gasteiger partial charge in [0.25, 0.3) is 0 Å². The van der Waals surface area contributed by atoms with Crippen molar-refractivity contribution in [1.82, 2.24) is 0 Å². The number of allylic oxidation sites excluding steroid dienone is 24. The number of carbonyl (C=O) groups excluding carboxylic acids is 3. The molecule has 0 radical (unpaired) electrons. The Morgan fingerprint density at radius 2 is 0.513 bits per heavy atom. The number of unbranched alkanes of at least 4 members (excludes halogenated alkanes) is 19. The second-order valence-electron chi connectivity index (χ2n) is 19.9. The molecule has 0 bridgehead atoms. The minimum Gasteiger partial charge on any atom is -0.462 e. The molecule has 0 N–H and O–H groups in total. The second-order valence-corrected chi connectivity index (χ2v) is 19.9. The van der Waals surface area contributed by atoms with E-state index in [0.29, 0.717) is 19.3 Å². The van der Waals surface area contributed by atoms with E-state index in [1.165, 1.54) is 70.6 Å². The standard InChI is InChI=1S/C70H112O6/c1-4-7-10-13-16-18-20-22-24-26-28-30-32-33-34-35-36-37-39-40-42-44-46-48-50-52-54-57-60-63-69(72)75-66-67(65-74-68(71)62-59-56-15-12-9-6-3)76-70(73)64-61-58-55-53-51-49-47-45-43-41-38-31-29-27-25-23-21-19-17-14-11-8-5-2/h7-8,10-11,16-19,22-25,28-31,33-34,36-37,40,42,46,48,67H,4-6,9,12-15,20-21,26-27,32,35,38-39,41,43-45,47,49-66H2,1-3H3/b10-7-,11-8-,18-16-,19-17-,24-22-,25-23-,30-28-,31-29-,34-33-,37-36-,42-40-,48-46-. The van der Waals surface area contributed by atoms with Gasteiger partial charge in [-0.25, -0.2) is 0 Å². The molecule has 6 heteroatoms. The molecule has 0 aliphatic rings. The van der Waals surface area contributed by atoms with Gasteiger partial charge in [0.15, 0.2) is 6.10 Å². The zero-order chi connectivity index (χ0) is 55.0. The summed E-state index contributed by atoms with van der Waals surface area (Å²) in [6.45, 7) is 6.32. The van der Waals surface area contributed by atoms with Gasteiger partial charge in [-0.2, -0.15) is 0 Å². The quantitative estimate of drug-likeness (QED) is 0.0261. The van der Waals surface area contributed by atoms with Crippen LogP contribution in [0.15, 0.2) is 146 Å². The lowest BCUT2D eigenvalue weighted by Crippen LogP contribution is -2.30. The molecule has 0 aliphatic carbocycles. The Hall–Kier alpha value is -4.71. The number of ether oxygens (including phenoxy) is 3. The van der Waals surface area contributed by atoms with Gasteiger partial charge in [0, 0.05) is 19.3 Å². The van der Waals surface area contributed by atoms with Crippen LogP contribution in [-0.2, 0) is 28.6 Å². The van der Waals surface area contributed by atoms with Gasteiger partial charge in [0.05, 0.1) is 0 Å². The fourth-order valence-corrected chi connectivity index (χ4v) is 8.04. The van der Waals surface area contributed by atoms with Crippen LogP contribution in [0.4, 0.5) is 0 Å². The molecule has 0 saturated heterocycles. The van der Waals surface area contributed by atoms with Crippen LogP contribution in [0, 0.1) is 0 Å². The Bertz CT molecular complexity index is 1680. The molecule has 0 saturated carbocycles. The highest BCUT2D eigenvalue weighted by Gasteiger charge is 2.19. The van der Waals surface area contributed by atoms with Crippen molar-refractivity contribution >= 4 is 17.9 Å². The van der Waals surface area contributed by atoms with Gasteiger partial charge in [-0.15, -0.1) is 0 Å². The number of esters is 3. The Balaban J connectivity index is 4.22. The molecule has 0 aromatic heterocycles. The molecule has 0 heterocycles. The van der Waals surface area contributed by atoms with E-state index in [-0.39, 0.29) is 31.1 Å². The molecule has 1 unspecified atom stereocenters. The van der Waals surface area contributed by atoms with Crippen LogP contribution >= 0.6 is 0 Å². The molecule has 1 atom stereocenters. The lowest BCUT2D eigenvalue weighted by Gasteiger charge is -2.18. The number of hydrogen-bond acceptors (Lipinski definition) is 6. The first-order valence-electron chi connectivity index (χ1n) is 30.8. The Kier molecular flexibility index (Phi) is 58.9. The average Bonchev–Trinajstić information content (AvgIpc) is 3.42. The van der Waals surface area contributed by atoms with E-state index in [1.54, 1.807) is 0 Å². The Morgan fingerprint density at radius 1 is 0.276 bits per heavy atom. The van der Waals surface area contributed by atoms with Gasteiger partial charge in [-0.05, 0) is 122 Å². The van der Waals surface area contributed by atoms with Crippen molar-refractivity contribution in [2.75, 3.05) is 13.2 Å². The fraction of sp³-hybridized carbons (Fsp3) is 0.614. The summed E-state index contributed by atoms with van der Waals surface area (Å²) >= 11 is 0. The maximum absolute atomic E-state index is 12.8. The summed E-state index contributed by atoms with van der Waals surface area (Å²) in [5, 5.41) is 0. The second kappa shape index (κ2) is 62.8. The van der Waals surface area contributed by atoms with Crippen molar-refractivity contribution in [3.8, 4) is 0 Å². The van der Waals surface area contributed by atoms with Crippen molar-refractivity contribution in [3.05, 3.63) is 146 Å². The van der Waals surface area contributed by atoms with Gasteiger partial charge in [-0.1, -0.05) is 263 Å². The van der Waals surface area contributed by atoms with Crippen LogP contribution in [0.2, 0.25) is 0 Å². The summed E-state index contributed by atoms with van der Waals surface area (Å²) in [7, 11) is 0. The molecule has 0 rings (SSSR count). The van der Waals surface area contributed by atoms with Gasteiger partial charge < -0.3 is 14.2 Å². The van der Waals surface area contributed by atoms with Crippen LogP contribution in [0.1, 0.15) is 258 Å². The highest BCUT2D eigenvalue weighted by molar-refractivity contribution is 5.71. The third kappa shape index (κ3) is 60.2. The molecule has 0 aromatic rings. The molecule has 0 aliphatic heterocycles. The molecule has 76 heavy (non-hydrogen) atoms. The first kappa shape index (κ1) is 71.3. The summed E-state index contributed by atoms with van der Waals surface area (Å²) in [5.41, 5.74) is 0. The van der Waals surface area contributed by atoms with E-state index in [4.69, 9.17) is 14.2 Å². The minimum atomic E-state index is -0.794. The average molecular weight is 1050 g/mol. The molecule has 0 spiro atoms. The smallest absolute Gasteiger partial charge is 0.306 e. The highest BCUT2D eigenvalue weighted by Crippen LogP contribution is 2.15. The van der Waals surface area contributed by atoms with Crippen molar-refractivity contribution < 1.29 is 28.6 Å². The Labute approximate surface area is 467 Å². The first-order chi connectivity index (χ1) is 37.5. The summed E-state index contributed by atoms with van der Waals surface area (Å²) in [4.78, 5) is 38.0. The fourth-order valence-electron chi connectivity index (χ4n) is 8.04. The lowest BCUT2D eigenvalue weighted by molar-refractivity contribution is -0.167. The third-order valence-corrected chi connectivity index (χ3v) is 12.6. The third-order valence-electron chi connectivity index (χ3n) is 12.6. The topological polar surface area (TPSA) is 78.9 Å². The summed E-state index contributed by atoms with van der Waals surface area (Å²) < 4.78 is 16.8. The lowest BCUT2D eigenvalue weighted by atomic mass is 10.0. The van der Waals surface area contributed by atoms with Crippen LogP contribution in [0.5, 0.6) is 0 Å².